The predicted octanol–water partition coefficient (Wildman–Crippen LogP) is 7.54. The molecule has 1 fully saturated rings. The number of fused-ring (bicyclic) bond motifs is 1. The number of nitrogens with one attached hydrogen (secondary N) is 1. The highest BCUT2D eigenvalue weighted by Gasteiger charge is 2.41. The minimum Gasteiger partial charge on any atom is -0.491 e. The summed E-state index contributed by atoms with van der Waals surface area (Å²) in [5.41, 5.74) is 2.74. The first-order valence-electron chi connectivity index (χ1n) is 11.3. The van der Waals surface area contributed by atoms with E-state index in [-0.39, 0.29) is 23.1 Å². The highest BCUT2D eigenvalue weighted by atomic mass is 35.5. The van der Waals surface area contributed by atoms with Crippen molar-refractivity contribution in [2.75, 3.05) is 22.2 Å². The summed E-state index contributed by atoms with van der Waals surface area (Å²) in [6, 6.07) is 9.63. The van der Waals surface area contributed by atoms with E-state index in [2.05, 4.69) is 41.1 Å². The zero-order chi connectivity index (χ0) is 23.2. The molecule has 32 heavy (non-hydrogen) atoms. The Hall–Kier alpha value is -1.85. The number of halogens is 3. The molecule has 0 spiro atoms. The molecule has 1 heterocycles. The fourth-order valence-electron chi connectivity index (χ4n) is 4.81. The molecule has 1 N–H and O–H groups in total. The van der Waals surface area contributed by atoms with Crippen molar-refractivity contribution in [1.29, 1.82) is 0 Å². The molecule has 7 heteroatoms. The van der Waals surface area contributed by atoms with Gasteiger partial charge in [0.2, 0.25) is 0 Å². The van der Waals surface area contributed by atoms with E-state index >= 15 is 0 Å². The van der Waals surface area contributed by atoms with Crippen LogP contribution in [0.1, 0.15) is 53.4 Å². The summed E-state index contributed by atoms with van der Waals surface area (Å²) in [4.78, 5) is 4.50. The van der Waals surface area contributed by atoms with Crippen molar-refractivity contribution in [3.8, 4) is 5.75 Å². The van der Waals surface area contributed by atoms with E-state index in [4.69, 9.17) is 27.9 Å². The standard InChI is InChI=1S/C25H32Cl2FN3O/c1-15(2)32-17-6-9-20-21(14-17)30(5)24(29-23-19(27)8-7-18(26)22(23)28)31(20)16-10-12-25(3,4)13-11-16/h6-9,14-16,24,29H,10-13H2,1-5H3. The molecule has 1 saturated carbocycles. The fraction of sp³-hybridized carbons (Fsp3) is 0.520. The molecule has 1 atom stereocenters. The van der Waals surface area contributed by atoms with Crippen LogP contribution in [0, 0.1) is 11.2 Å². The fourth-order valence-corrected chi connectivity index (χ4v) is 5.17. The number of hydrogen-bond donors (Lipinski definition) is 1. The molecule has 0 radical (unpaired) electrons. The molecule has 1 aliphatic carbocycles. The van der Waals surface area contributed by atoms with Crippen LogP contribution in [-0.4, -0.2) is 25.5 Å². The molecule has 174 valence electrons. The molecule has 2 aromatic rings. The minimum atomic E-state index is -0.530. The Morgan fingerprint density at radius 2 is 1.72 bits per heavy atom. The van der Waals surface area contributed by atoms with Crippen LogP contribution in [0.25, 0.3) is 0 Å². The second-order valence-electron chi connectivity index (χ2n) is 9.97. The van der Waals surface area contributed by atoms with Crippen LogP contribution in [0.2, 0.25) is 10.0 Å². The van der Waals surface area contributed by atoms with Gasteiger partial charge >= 0.3 is 0 Å². The van der Waals surface area contributed by atoms with E-state index in [0.29, 0.717) is 16.5 Å². The van der Waals surface area contributed by atoms with E-state index in [0.717, 1.165) is 42.8 Å². The van der Waals surface area contributed by atoms with Crippen molar-refractivity contribution in [1.82, 2.24) is 0 Å². The minimum absolute atomic E-state index is 0.0497. The number of hydrogen-bond acceptors (Lipinski definition) is 4. The van der Waals surface area contributed by atoms with Crippen LogP contribution in [0.15, 0.2) is 30.3 Å². The van der Waals surface area contributed by atoms with Gasteiger partial charge < -0.3 is 19.9 Å². The number of ether oxygens (including phenoxy) is 1. The Kier molecular flexibility index (Phi) is 6.43. The van der Waals surface area contributed by atoms with E-state index in [1.165, 1.54) is 6.07 Å². The van der Waals surface area contributed by atoms with Crippen LogP contribution in [0.5, 0.6) is 5.75 Å². The molecule has 0 amide bonds. The Labute approximate surface area is 200 Å². The van der Waals surface area contributed by atoms with Crippen molar-refractivity contribution in [2.45, 2.75) is 71.8 Å². The number of rotatable bonds is 5. The van der Waals surface area contributed by atoms with E-state index in [1.54, 1.807) is 6.07 Å². The summed E-state index contributed by atoms with van der Waals surface area (Å²) in [7, 11) is 2.01. The maximum absolute atomic E-state index is 14.9. The molecule has 1 unspecified atom stereocenters. The molecule has 1 aliphatic heterocycles. The van der Waals surface area contributed by atoms with Gasteiger partial charge in [-0.1, -0.05) is 37.0 Å². The van der Waals surface area contributed by atoms with E-state index in [9.17, 15) is 4.39 Å². The first kappa shape index (κ1) is 23.3. The lowest BCUT2D eigenvalue weighted by Gasteiger charge is -2.43. The van der Waals surface area contributed by atoms with Gasteiger partial charge in [0, 0.05) is 19.2 Å². The molecule has 0 bridgehead atoms. The smallest absolute Gasteiger partial charge is 0.179 e. The number of anilines is 3. The lowest BCUT2D eigenvalue weighted by Crippen LogP contribution is -2.53. The largest absolute Gasteiger partial charge is 0.491 e. The van der Waals surface area contributed by atoms with E-state index < -0.39 is 5.82 Å². The van der Waals surface area contributed by atoms with Gasteiger partial charge in [-0.3, -0.25) is 0 Å². The molecular weight excluding hydrogens is 448 g/mol. The maximum Gasteiger partial charge on any atom is 0.179 e. The second-order valence-corrected chi connectivity index (χ2v) is 10.8. The third kappa shape index (κ3) is 4.47. The van der Waals surface area contributed by atoms with Gasteiger partial charge in [-0.15, -0.1) is 0 Å². The van der Waals surface area contributed by atoms with Crippen molar-refractivity contribution in [3.63, 3.8) is 0 Å². The first-order valence-corrected chi connectivity index (χ1v) is 12.0. The summed E-state index contributed by atoms with van der Waals surface area (Å²) in [5, 5.41) is 3.72. The van der Waals surface area contributed by atoms with Gasteiger partial charge in [-0.2, -0.15) is 0 Å². The highest BCUT2D eigenvalue weighted by Crippen LogP contribution is 2.47. The van der Waals surface area contributed by atoms with E-state index in [1.807, 2.05) is 27.0 Å². The number of benzene rings is 2. The molecule has 4 rings (SSSR count). The Bertz CT molecular complexity index is 987. The van der Waals surface area contributed by atoms with Crippen molar-refractivity contribution >= 4 is 40.3 Å². The van der Waals surface area contributed by atoms with Gasteiger partial charge in [-0.25, -0.2) is 4.39 Å². The summed E-state index contributed by atoms with van der Waals surface area (Å²) in [6.07, 6.45) is 4.26. The van der Waals surface area contributed by atoms with Crippen LogP contribution >= 0.6 is 23.2 Å². The third-order valence-electron chi connectivity index (χ3n) is 6.63. The van der Waals surface area contributed by atoms with Gasteiger partial charge in [0.05, 0.1) is 33.2 Å². The Morgan fingerprint density at radius 1 is 1.06 bits per heavy atom. The third-order valence-corrected chi connectivity index (χ3v) is 7.23. The molecule has 4 nitrogen and oxygen atoms in total. The van der Waals surface area contributed by atoms with Crippen LogP contribution in [0.3, 0.4) is 0 Å². The summed E-state index contributed by atoms with van der Waals surface area (Å²) in [6.45, 7) is 8.70. The van der Waals surface area contributed by atoms with Gasteiger partial charge in [0.1, 0.15) is 5.75 Å². The van der Waals surface area contributed by atoms with Crippen LogP contribution < -0.4 is 19.9 Å². The normalized spacial score (nSPS) is 20.6. The summed E-state index contributed by atoms with van der Waals surface area (Å²) < 4.78 is 20.9. The number of nitrogens with zero attached hydrogens (tertiary/aromatic N) is 2. The Balaban J connectivity index is 1.72. The predicted molar refractivity (Wildman–Crippen MR) is 133 cm³/mol. The Morgan fingerprint density at radius 3 is 2.38 bits per heavy atom. The highest BCUT2D eigenvalue weighted by molar-refractivity contribution is 6.35. The van der Waals surface area contributed by atoms with Gasteiger partial charge in [-0.05, 0) is 69.2 Å². The molecule has 2 aliphatic rings. The monoisotopic (exact) mass is 479 g/mol. The van der Waals surface area contributed by atoms with Crippen LogP contribution in [0.4, 0.5) is 21.5 Å². The quantitative estimate of drug-likeness (QED) is 0.448. The molecule has 2 aromatic carbocycles. The zero-order valence-electron chi connectivity index (χ0n) is 19.4. The second kappa shape index (κ2) is 8.83. The lowest BCUT2D eigenvalue weighted by atomic mass is 9.75. The zero-order valence-corrected chi connectivity index (χ0v) is 20.9. The van der Waals surface area contributed by atoms with Crippen molar-refractivity contribution < 1.29 is 9.13 Å². The molecule has 0 aromatic heterocycles. The lowest BCUT2D eigenvalue weighted by molar-refractivity contribution is 0.217. The van der Waals surface area contributed by atoms with Gasteiger partial charge in [0.15, 0.2) is 12.1 Å². The average Bonchev–Trinajstić information content (AvgIpc) is 2.99. The molecular formula is C25H32Cl2FN3O. The van der Waals surface area contributed by atoms with Crippen LogP contribution in [-0.2, 0) is 0 Å². The van der Waals surface area contributed by atoms with Crippen molar-refractivity contribution in [3.05, 3.63) is 46.2 Å². The summed E-state index contributed by atoms with van der Waals surface area (Å²) in [5.74, 6) is 0.292. The molecule has 0 saturated heterocycles. The average molecular weight is 480 g/mol. The SMILES string of the molecule is CC(C)Oc1ccc2c(c1)N(C)C(Nc1c(Cl)ccc(Cl)c1F)N2C1CCC(C)(C)CC1. The topological polar surface area (TPSA) is 27.7 Å². The van der Waals surface area contributed by atoms with Crippen molar-refractivity contribution in [2.24, 2.45) is 5.41 Å². The maximum atomic E-state index is 14.9. The summed E-state index contributed by atoms with van der Waals surface area (Å²) >= 11 is 12.4. The first-order chi connectivity index (χ1) is 15.1. The van der Waals surface area contributed by atoms with Gasteiger partial charge in [0.25, 0.3) is 0 Å².